The summed E-state index contributed by atoms with van der Waals surface area (Å²) in [6, 6.07) is 9.12. The highest BCUT2D eigenvalue weighted by atomic mass is 19.4. The average molecular weight is 283 g/mol. The van der Waals surface area contributed by atoms with E-state index in [-0.39, 0.29) is 6.42 Å². The van der Waals surface area contributed by atoms with E-state index in [1.54, 1.807) is 0 Å². The zero-order chi connectivity index (χ0) is 14.2. The molecule has 0 aliphatic carbocycles. The monoisotopic (exact) mass is 283 g/mol. The van der Waals surface area contributed by atoms with Gasteiger partial charge in [0.1, 0.15) is 0 Å². The van der Waals surface area contributed by atoms with Crippen LogP contribution in [0.4, 0.5) is 13.2 Å². The number of halogens is 3. The van der Waals surface area contributed by atoms with Crippen molar-refractivity contribution in [1.29, 1.82) is 0 Å². The minimum absolute atomic E-state index is 0.138. The van der Waals surface area contributed by atoms with Crippen LogP contribution in [0.2, 0.25) is 0 Å². The quantitative estimate of drug-likeness (QED) is 0.854. The highest BCUT2D eigenvalue weighted by molar-refractivity contribution is 6.01. The van der Waals surface area contributed by atoms with E-state index in [2.05, 4.69) is 10.3 Å². The maximum atomic E-state index is 13.6. The van der Waals surface area contributed by atoms with Gasteiger partial charge in [0, 0.05) is 31.8 Å². The highest BCUT2D eigenvalue weighted by Gasteiger charge is 2.61. The number of fused-ring (bicyclic) bond motifs is 1. The molecule has 0 bridgehead atoms. The Kier molecular flexibility index (Phi) is 3.30. The molecule has 0 spiro atoms. The molecule has 2 heterocycles. The van der Waals surface area contributed by atoms with Crippen LogP contribution < -0.4 is 5.32 Å². The van der Waals surface area contributed by atoms with Crippen molar-refractivity contribution in [2.45, 2.75) is 18.3 Å². The molecule has 1 fully saturated rings. The lowest BCUT2D eigenvalue weighted by molar-refractivity contribution is -0.227. The van der Waals surface area contributed by atoms with Gasteiger partial charge in [0.25, 0.3) is 0 Å². The van der Waals surface area contributed by atoms with Gasteiger partial charge in [-0.25, -0.2) is 0 Å². The van der Waals surface area contributed by atoms with Gasteiger partial charge in [0.2, 0.25) is 0 Å². The van der Waals surface area contributed by atoms with Crippen LogP contribution in [-0.4, -0.2) is 48.6 Å². The van der Waals surface area contributed by atoms with Crippen molar-refractivity contribution in [2.75, 3.05) is 26.2 Å². The number of hydrogen-bond donors (Lipinski definition) is 1. The van der Waals surface area contributed by atoms with Crippen LogP contribution in [0.25, 0.3) is 0 Å². The van der Waals surface area contributed by atoms with Crippen LogP contribution >= 0.6 is 0 Å². The fourth-order valence-electron chi connectivity index (χ4n) is 2.98. The van der Waals surface area contributed by atoms with Gasteiger partial charge in [0.15, 0.2) is 5.66 Å². The SMILES string of the molecule is FC(F)(F)[C@]12CC(c3ccccc3)=NCCN1CCN2. The normalized spacial score (nSPS) is 27.9. The smallest absolute Gasteiger partial charge is 0.290 e. The summed E-state index contributed by atoms with van der Waals surface area (Å²) in [6.45, 7) is 1.52. The third kappa shape index (κ3) is 2.13. The highest BCUT2D eigenvalue weighted by Crippen LogP contribution is 2.40. The Morgan fingerprint density at radius 2 is 1.90 bits per heavy atom. The van der Waals surface area contributed by atoms with Gasteiger partial charge < -0.3 is 0 Å². The van der Waals surface area contributed by atoms with Crippen molar-refractivity contribution in [1.82, 2.24) is 10.2 Å². The van der Waals surface area contributed by atoms with Gasteiger partial charge in [-0.05, 0) is 5.56 Å². The van der Waals surface area contributed by atoms with E-state index in [1.165, 1.54) is 4.90 Å². The topological polar surface area (TPSA) is 27.6 Å². The summed E-state index contributed by atoms with van der Waals surface area (Å²) in [5.74, 6) is 0. The summed E-state index contributed by atoms with van der Waals surface area (Å²) in [7, 11) is 0. The summed E-state index contributed by atoms with van der Waals surface area (Å²) < 4.78 is 40.8. The van der Waals surface area contributed by atoms with Crippen LogP contribution in [0.5, 0.6) is 0 Å². The molecular formula is C14H16F3N3. The van der Waals surface area contributed by atoms with E-state index < -0.39 is 11.8 Å². The van der Waals surface area contributed by atoms with Crippen molar-refractivity contribution < 1.29 is 13.2 Å². The lowest BCUT2D eigenvalue weighted by Crippen LogP contribution is -2.62. The molecule has 1 atom stereocenters. The first-order chi connectivity index (χ1) is 9.53. The first kappa shape index (κ1) is 13.6. The van der Waals surface area contributed by atoms with Gasteiger partial charge in [0.05, 0.1) is 6.54 Å². The standard InChI is InChI=1S/C14H16F3N3/c15-14(16,17)13-10-12(11-4-2-1-3-5-11)18-6-8-20(13)9-7-19-13/h1-5,19H,6-10H2/t13-/m0/s1. The Morgan fingerprint density at radius 3 is 2.60 bits per heavy atom. The molecule has 0 aromatic heterocycles. The lowest BCUT2D eigenvalue weighted by atomic mass is 9.96. The maximum Gasteiger partial charge on any atom is 0.420 e. The second-order valence-electron chi connectivity index (χ2n) is 5.14. The van der Waals surface area contributed by atoms with Crippen LogP contribution in [0, 0.1) is 0 Å². The van der Waals surface area contributed by atoms with Gasteiger partial charge in [-0.1, -0.05) is 30.3 Å². The molecule has 2 aliphatic heterocycles. The predicted molar refractivity (Wildman–Crippen MR) is 70.8 cm³/mol. The minimum atomic E-state index is -4.32. The van der Waals surface area contributed by atoms with E-state index in [0.717, 1.165) is 5.56 Å². The molecule has 0 saturated carbocycles. The summed E-state index contributed by atoms with van der Waals surface area (Å²) in [5.41, 5.74) is -0.662. The zero-order valence-corrected chi connectivity index (χ0v) is 11.0. The van der Waals surface area contributed by atoms with Crippen molar-refractivity contribution in [3.63, 3.8) is 0 Å². The zero-order valence-electron chi connectivity index (χ0n) is 11.0. The van der Waals surface area contributed by atoms with Crippen LogP contribution in [0.1, 0.15) is 12.0 Å². The molecule has 0 radical (unpaired) electrons. The van der Waals surface area contributed by atoms with Gasteiger partial charge in [-0.3, -0.25) is 15.2 Å². The second kappa shape index (κ2) is 4.86. The molecule has 1 saturated heterocycles. The molecule has 2 aliphatic rings. The summed E-state index contributed by atoms with van der Waals surface area (Å²) in [4.78, 5) is 5.85. The Balaban J connectivity index is 1.98. The Hall–Kier alpha value is -1.40. The Labute approximate surface area is 115 Å². The Bertz CT molecular complexity index is 512. The van der Waals surface area contributed by atoms with Crippen LogP contribution in [0.15, 0.2) is 35.3 Å². The fraction of sp³-hybridized carbons (Fsp3) is 0.500. The van der Waals surface area contributed by atoms with E-state index in [0.29, 0.717) is 31.9 Å². The molecule has 3 nitrogen and oxygen atoms in total. The largest absolute Gasteiger partial charge is 0.420 e. The van der Waals surface area contributed by atoms with Crippen molar-refractivity contribution >= 4 is 5.71 Å². The number of aliphatic imine (C=N–C) groups is 1. The maximum absolute atomic E-state index is 13.6. The first-order valence-electron chi connectivity index (χ1n) is 6.68. The molecule has 6 heteroatoms. The molecule has 1 aromatic carbocycles. The van der Waals surface area contributed by atoms with E-state index in [4.69, 9.17) is 0 Å². The minimum Gasteiger partial charge on any atom is -0.290 e. The predicted octanol–water partition coefficient (Wildman–Crippen LogP) is 2.04. The van der Waals surface area contributed by atoms with Crippen LogP contribution in [-0.2, 0) is 0 Å². The summed E-state index contributed by atoms with van der Waals surface area (Å²) >= 11 is 0. The van der Waals surface area contributed by atoms with Crippen molar-refractivity contribution in [3.05, 3.63) is 35.9 Å². The number of alkyl halides is 3. The van der Waals surface area contributed by atoms with Crippen molar-refractivity contribution in [3.8, 4) is 0 Å². The fourth-order valence-corrected chi connectivity index (χ4v) is 2.98. The van der Waals surface area contributed by atoms with Crippen LogP contribution in [0.3, 0.4) is 0 Å². The van der Waals surface area contributed by atoms with Crippen molar-refractivity contribution in [2.24, 2.45) is 4.99 Å². The molecule has 3 rings (SSSR count). The molecule has 1 aromatic rings. The molecule has 0 unspecified atom stereocenters. The first-order valence-corrected chi connectivity index (χ1v) is 6.68. The third-order valence-electron chi connectivity index (χ3n) is 4.01. The van der Waals surface area contributed by atoms with Gasteiger partial charge in [-0.15, -0.1) is 0 Å². The molecule has 20 heavy (non-hydrogen) atoms. The van der Waals surface area contributed by atoms with Gasteiger partial charge >= 0.3 is 6.18 Å². The number of benzene rings is 1. The van der Waals surface area contributed by atoms with Gasteiger partial charge in [-0.2, -0.15) is 13.2 Å². The van der Waals surface area contributed by atoms with E-state index in [1.807, 2.05) is 30.3 Å². The number of nitrogens with one attached hydrogen (secondary N) is 1. The molecule has 0 amide bonds. The third-order valence-corrected chi connectivity index (χ3v) is 4.01. The molecular weight excluding hydrogens is 267 g/mol. The second-order valence-corrected chi connectivity index (χ2v) is 5.14. The average Bonchev–Trinajstić information content (AvgIpc) is 2.74. The summed E-state index contributed by atoms with van der Waals surface area (Å²) in [5, 5.41) is 2.67. The van der Waals surface area contributed by atoms with E-state index in [9.17, 15) is 13.2 Å². The lowest BCUT2D eigenvalue weighted by Gasteiger charge is -2.38. The number of nitrogens with zero attached hydrogens (tertiary/aromatic N) is 2. The number of rotatable bonds is 1. The summed E-state index contributed by atoms with van der Waals surface area (Å²) in [6.07, 6.45) is -4.45. The molecule has 1 N–H and O–H groups in total. The van der Waals surface area contributed by atoms with E-state index >= 15 is 0 Å². The Morgan fingerprint density at radius 1 is 1.15 bits per heavy atom. The molecule has 108 valence electrons. The number of hydrogen-bond acceptors (Lipinski definition) is 3.